The molecule has 0 aliphatic carbocycles. The van der Waals surface area contributed by atoms with E-state index in [1.165, 1.54) is 21.9 Å². The van der Waals surface area contributed by atoms with E-state index < -0.39 is 0 Å². The maximum absolute atomic E-state index is 6.01. The smallest absolute Gasteiger partial charge is 0.119 e. The van der Waals surface area contributed by atoms with Crippen molar-refractivity contribution in [3.8, 4) is 11.5 Å². The highest BCUT2D eigenvalue weighted by atomic mass is 16.5. The molecular weight excluding hydrogens is 647 g/mol. The van der Waals surface area contributed by atoms with Crippen LogP contribution in [0.3, 0.4) is 0 Å². The first kappa shape index (κ1) is 36.2. The molecule has 0 heterocycles. The summed E-state index contributed by atoms with van der Waals surface area (Å²) in [5.74, 6) is 1.71. The van der Waals surface area contributed by atoms with Gasteiger partial charge in [0.15, 0.2) is 0 Å². The van der Waals surface area contributed by atoms with Gasteiger partial charge in [0.1, 0.15) is 11.5 Å². The van der Waals surface area contributed by atoms with Crippen LogP contribution in [-0.4, -0.2) is 13.2 Å². The zero-order valence-corrected chi connectivity index (χ0v) is 30.2. The zero-order chi connectivity index (χ0) is 36.8. The van der Waals surface area contributed by atoms with Gasteiger partial charge in [0.2, 0.25) is 0 Å². The molecule has 0 aliphatic rings. The maximum Gasteiger partial charge on any atom is 0.119 e. The van der Waals surface area contributed by atoms with Crippen molar-refractivity contribution in [3.05, 3.63) is 217 Å². The Bertz CT molecular complexity index is 2120. The lowest BCUT2D eigenvalue weighted by atomic mass is 9.98. The zero-order valence-electron chi connectivity index (χ0n) is 30.2. The molecular formula is C50H45NO2. The fourth-order valence-electron chi connectivity index (χ4n) is 6.15. The normalized spacial score (nSPS) is 11.1. The molecule has 3 nitrogen and oxygen atoms in total. The fourth-order valence-corrected chi connectivity index (χ4v) is 6.15. The number of nitrogens with zero attached hydrogens (tertiary/aromatic N) is 1. The minimum Gasteiger partial charge on any atom is -0.493 e. The lowest BCUT2D eigenvalue weighted by Crippen LogP contribution is -2.14. The summed E-state index contributed by atoms with van der Waals surface area (Å²) in [5, 5.41) is 2.39. The number of anilines is 2. The maximum atomic E-state index is 6.01. The highest BCUT2D eigenvalue weighted by Gasteiger charge is 2.13. The van der Waals surface area contributed by atoms with E-state index in [0.717, 1.165) is 63.7 Å². The van der Waals surface area contributed by atoms with Crippen molar-refractivity contribution in [2.45, 2.75) is 12.8 Å². The first-order valence-corrected chi connectivity index (χ1v) is 17.9. The molecule has 53 heavy (non-hydrogen) atoms. The Morgan fingerprint density at radius 1 is 0.566 bits per heavy atom. The van der Waals surface area contributed by atoms with Crippen molar-refractivity contribution in [1.29, 1.82) is 0 Å². The van der Waals surface area contributed by atoms with E-state index in [4.69, 9.17) is 9.47 Å². The van der Waals surface area contributed by atoms with E-state index in [2.05, 4.69) is 134 Å². The van der Waals surface area contributed by atoms with Crippen LogP contribution in [-0.2, 0) is 12.8 Å². The average molecular weight is 692 g/mol. The predicted octanol–water partition coefficient (Wildman–Crippen LogP) is 12.9. The molecule has 0 N–H and O–H groups in total. The monoisotopic (exact) mass is 691 g/mol. The summed E-state index contributed by atoms with van der Waals surface area (Å²) in [6.07, 6.45) is 15.4. The fraction of sp³-hybridized carbons (Fsp3) is 0.0800. The average Bonchev–Trinajstić information content (AvgIpc) is 3.21. The van der Waals surface area contributed by atoms with Crippen LogP contribution in [0.1, 0.15) is 33.4 Å². The quantitative estimate of drug-likeness (QED) is 0.0889. The molecule has 0 saturated heterocycles. The van der Waals surface area contributed by atoms with Crippen LogP contribution in [0, 0.1) is 0 Å². The predicted molar refractivity (Wildman–Crippen MR) is 228 cm³/mol. The molecule has 0 spiro atoms. The molecule has 0 aromatic heterocycles. The number of benzene rings is 6. The van der Waals surface area contributed by atoms with Crippen molar-refractivity contribution >= 4 is 46.5 Å². The number of hydrogen-bond acceptors (Lipinski definition) is 3. The second-order valence-electron chi connectivity index (χ2n) is 12.6. The number of hydrogen-bond donors (Lipinski definition) is 0. The summed E-state index contributed by atoms with van der Waals surface area (Å²) >= 11 is 0. The summed E-state index contributed by atoms with van der Waals surface area (Å²) in [5.41, 5.74) is 9.68. The first-order valence-electron chi connectivity index (χ1n) is 17.9. The van der Waals surface area contributed by atoms with Crippen molar-refractivity contribution in [2.24, 2.45) is 0 Å². The summed E-state index contributed by atoms with van der Waals surface area (Å²) in [6.45, 7) is 17.3. The van der Waals surface area contributed by atoms with Crippen molar-refractivity contribution < 1.29 is 9.47 Å². The van der Waals surface area contributed by atoms with Crippen LogP contribution in [0.5, 0.6) is 11.5 Å². The second kappa shape index (κ2) is 18.1. The van der Waals surface area contributed by atoms with Gasteiger partial charge >= 0.3 is 0 Å². The molecule has 6 aromatic rings. The van der Waals surface area contributed by atoms with Crippen molar-refractivity contribution in [3.63, 3.8) is 0 Å². The molecule has 0 amide bonds. The highest BCUT2D eigenvalue weighted by Crippen LogP contribution is 2.32. The van der Waals surface area contributed by atoms with E-state index in [1.54, 1.807) is 0 Å². The summed E-state index contributed by atoms with van der Waals surface area (Å²) in [6, 6.07) is 46.0. The Kier molecular flexibility index (Phi) is 12.4. The molecule has 0 atom stereocenters. The van der Waals surface area contributed by atoms with E-state index in [-0.39, 0.29) is 0 Å². The van der Waals surface area contributed by atoms with E-state index in [9.17, 15) is 0 Å². The molecule has 0 unspecified atom stereocenters. The van der Waals surface area contributed by atoms with Gasteiger partial charge < -0.3 is 14.4 Å². The highest BCUT2D eigenvalue weighted by molar-refractivity contribution is 5.94. The van der Waals surface area contributed by atoms with Crippen LogP contribution in [0.25, 0.3) is 35.1 Å². The van der Waals surface area contributed by atoms with Crippen LogP contribution in [0.4, 0.5) is 11.4 Å². The summed E-state index contributed by atoms with van der Waals surface area (Å²) in [4.78, 5) is 2.19. The topological polar surface area (TPSA) is 21.7 Å². The largest absolute Gasteiger partial charge is 0.493 e. The van der Waals surface area contributed by atoms with Gasteiger partial charge in [-0.2, -0.15) is 0 Å². The molecule has 0 aliphatic heterocycles. The van der Waals surface area contributed by atoms with Crippen molar-refractivity contribution in [2.75, 3.05) is 18.1 Å². The van der Waals surface area contributed by atoms with Gasteiger partial charge in [0, 0.05) is 29.9 Å². The Hall–Kier alpha value is -6.58. The van der Waals surface area contributed by atoms with Gasteiger partial charge in [0.05, 0.1) is 13.2 Å². The Morgan fingerprint density at radius 2 is 1.09 bits per heavy atom. The minimum absolute atomic E-state index is 0.589. The lowest BCUT2D eigenvalue weighted by molar-refractivity contribution is 0.322. The third-order valence-corrected chi connectivity index (χ3v) is 9.09. The Labute approximate surface area is 314 Å². The third kappa shape index (κ3) is 9.61. The number of fused-ring (bicyclic) bond motifs is 1. The van der Waals surface area contributed by atoms with Gasteiger partial charge in [-0.3, -0.25) is 0 Å². The Balaban J connectivity index is 1.21. The molecule has 262 valence electrons. The Morgan fingerprint density at radius 3 is 1.60 bits per heavy atom. The third-order valence-electron chi connectivity index (χ3n) is 9.09. The molecule has 6 aromatic carbocycles. The number of rotatable bonds is 17. The molecule has 0 bridgehead atoms. The van der Waals surface area contributed by atoms with Gasteiger partial charge in [-0.15, -0.1) is 0 Å². The first-order chi connectivity index (χ1) is 26.0. The van der Waals surface area contributed by atoms with Crippen LogP contribution < -0.4 is 14.4 Å². The number of ether oxygens (including phenoxy) is 2. The molecule has 0 fully saturated rings. The van der Waals surface area contributed by atoms with Gasteiger partial charge in [-0.05, 0) is 98.8 Å². The van der Waals surface area contributed by atoms with Crippen LogP contribution in [0.15, 0.2) is 184 Å². The van der Waals surface area contributed by atoms with Crippen molar-refractivity contribution in [1.82, 2.24) is 0 Å². The van der Waals surface area contributed by atoms with Crippen LogP contribution in [0.2, 0.25) is 0 Å². The van der Waals surface area contributed by atoms with Gasteiger partial charge in [-0.25, -0.2) is 0 Å². The second-order valence-corrected chi connectivity index (χ2v) is 12.6. The molecule has 3 heteroatoms. The van der Waals surface area contributed by atoms with E-state index >= 15 is 0 Å². The molecule has 0 saturated carbocycles. The number of allylic oxidation sites excluding steroid dienone is 3. The SMILES string of the molecule is C=C/C=C\c1c(/C=C\C(=C)N(c2ccc(CCOc3ccc(C=C)cc3)cc2)c2ccc(CCOc3ccc(C=C)cc3)cc2)ccc2ccccc12. The lowest BCUT2D eigenvalue weighted by Gasteiger charge is -2.26. The molecule has 0 radical (unpaired) electrons. The van der Waals surface area contributed by atoms with E-state index in [1.807, 2.05) is 72.8 Å². The minimum atomic E-state index is 0.589. The van der Waals surface area contributed by atoms with E-state index in [0.29, 0.717) is 13.2 Å². The molecule has 6 rings (SSSR count). The standard InChI is InChI=1S/C50H45NO2/c1-5-8-12-49-44(25-24-43-11-9-10-13-50(43)49)23-14-38(4)51(45-26-15-41(16-27-45)34-36-52-47-30-19-39(6-2)20-31-47)46-28-17-42(18-29-46)35-37-53-48-32-21-40(7-3)22-33-48/h5-33H,1-4,34-37H2/b12-8-,23-14-. The van der Waals surface area contributed by atoms with Crippen LogP contribution >= 0.6 is 0 Å². The summed E-state index contributed by atoms with van der Waals surface area (Å²) < 4.78 is 12.0. The summed E-state index contributed by atoms with van der Waals surface area (Å²) in [7, 11) is 0. The van der Waals surface area contributed by atoms with Gasteiger partial charge in [0.25, 0.3) is 0 Å². The van der Waals surface area contributed by atoms with Gasteiger partial charge in [-0.1, -0.05) is 148 Å².